The molecule has 1 aliphatic rings. The van der Waals surface area contributed by atoms with Crippen molar-refractivity contribution in [1.29, 1.82) is 0 Å². The van der Waals surface area contributed by atoms with Gasteiger partial charge >= 0.3 is 0 Å². The van der Waals surface area contributed by atoms with Crippen molar-refractivity contribution in [2.24, 2.45) is 4.99 Å². The van der Waals surface area contributed by atoms with Gasteiger partial charge in [-0.25, -0.2) is 4.99 Å². The summed E-state index contributed by atoms with van der Waals surface area (Å²) in [7, 11) is 0. The topological polar surface area (TPSA) is 46.4 Å². The molecule has 31 heavy (non-hydrogen) atoms. The number of hydrogen-bond donors (Lipinski definition) is 1. The maximum atomic E-state index is 12.3. The number of amidine groups is 1. The normalized spacial score (nSPS) is 16.1. The van der Waals surface area contributed by atoms with Crippen molar-refractivity contribution in [3.8, 4) is 16.8 Å². The summed E-state index contributed by atoms with van der Waals surface area (Å²) < 4.78 is 2.08. The number of amides is 1. The molecule has 0 atom stereocenters. The zero-order valence-corrected chi connectivity index (χ0v) is 17.4. The summed E-state index contributed by atoms with van der Waals surface area (Å²) >= 11 is 1.36. The fourth-order valence-electron chi connectivity index (χ4n) is 3.36. The summed E-state index contributed by atoms with van der Waals surface area (Å²) in [5.74, 6) is -0.121. The molecule has 0 radical (unpaired) electrons. The van der Waals surface area contributed by atoms with E-state index in [1.54, 1.807) is 0 Å². The number of carbonyl (C=O) groups is 1. The molecule has 0 spiro atoms. The number of carbonyl (C=O) groups excluding carboxylic acids is 1. The van der Waals surface area contributed by atoms with Crippen LogP contribution in [0.3, 0.4) is 0 Å². The van der Waals surface area contributed by atoms with Crippen LogP contribution in [-0.2, 0) is 4.79 Å². The zero-order valence-electron chi connectivity index (χ0n) is 16.6. The Morgan fingerprint density at radius 3 is 2.10 bits per heavy atom. The fourth-order valence-corrected chi connectivity index (χ4v) is 4.20. The van der Waals surface area contributed by atoms with Crippen LogP contribution in [-0.4, -0.2) is 15.6 Å². The van der Waals surface area contributed by atoms with Crippen LogP contribution in [0.5, 0.6) is 0 Å². The second-order valence-corrected chi connectivity index (χ2v) is 8.11. The first-order chi connectivity index (χ1) is 15.2. The van der Waals surface area contributed by atoms with Crippen LogP contribution in [0.25, 0.3) is 22.9 Å². The number of nitrogens with zero attached hydrogens (tertiary/aromatic N) is 2. The number of hydrogen-bond acceptors (Lipinski definition) is 3. The van der Waals surface area contributed by atoms with Crippen LogP contribution in [0, 0.1) is 0 Å². The molecule has 4 nitrogen and oxygen atoms in total. The number of benzene rings is 3. The number of para-hydroxylation sites is 1. The number of aliphatic imine (C=N–C) groups is 1. The lowest BCUT2D eigenvalue weighted by molar-refractivity contribution is -0.115. The average molecular weight is 422 g/mol. The van der Waals surface area contributed by atoms with Gasteiger partial charge in [0.1, 0.15) is 0 Å². The van der Waals surface area contributed by atoms with Gasteiger partial charge in [0.2, 0.25) is 0 Å². The summed E-state index contributed by atoms with van der Waals surface area (Å²) in [6.07, 6.45) is 5.96. The molecule has 4 aromatic rings. The number of thioether (sulfide) groups is 1. The van der Waals surface area contributed by atoms with Gasteiger partial charge in [-0.3, -0.25) is 4.79 Å². The SMILES string of the molecule is O=C1NC(=Nc2ccccc2)S/C1=C/c1ccc(-c2ccc(-n3cccc3)cc2)cc1. The van der Waals surface area contributed by atoms with Crippen LogP contribution in [0.2, 0.25) is 0 Å². The molecular weight excluding hydrogens is 402 g/mol. The van der Waals surface area contributed by atoms with Crippen LogP contribution in [0.15, 0.2) is 113 Å². The molecule has 3 aromatic carbocycles. The largest absolute Gasteiger partial charge is 0.324 e. The summed E-state index contributed by atoms with van der Waals surface area (Å²) in [6, 6.07) is 30.3. The molecule has 1 saturated heterocycles. The Morgan fingerprint density at radius 1 is 0.774 bits per heavy atom. The van der Waals surface area contributed by atoms with Gasteiger partial charge in [0, 0.05) is 18.1 Å². The Bertz CT molecular complexity index is 1260. The van der Waals surface area contributed by atoms with Gasteiger partial charge in [-0.05, 0) is 70.9 Å². The lowest BCUT2D eigenvalue weighted by Crippen LogP contribution is -2.19. The molecule has 150 valence electrons. The molecule has 2 heterocycles. The molecule has 0 saturated carbocycles. The van der Waals surface area contributed by atoms with E-state index in [1.165, 1.54) is 11.8 Å². The van der Waals surface area contributed by atoms with Gasteiger partial charge in [-0.2, -0.15) is 0 Å². The first kappa shape index (κ1) is 19.2. The van der Waals surface area contributed by atoms with Crippen LogP contribution >= 0.6 is 11.8 Å². The monoisotopic (exact) mass is 421 g/mol. The van der Waals surface area contributed by atoms with Crippen molar-refractivity contribution in [2.45, 2.75) is 0 Å². The molecular formula is C26H19N3OS. The molecule has 0 unspecified atom stereocenters. The predicted octanol–water partition coefficient (Wildman–Crippen LogP) is 6.04. The van der Waals surface area contributed by atoms with E-state index >= 15 is 0 Å². The molecule has 5 heteroatoms. The van der Waals surface area contributed by atoms with Crippen molar-refractivity contribution in [3.05, 3.63) is 114 Å². The van der Waals surface area contributed by atoms with Gasteiger partial charge in [0.15, 0.2) is 5.17 Å². The van der Waals surface area contributed by atoms with Gasteiger partial charge in [-0.15, -0.1) is 0 Å². The Balaban J connectivity index is 1.31. The van der Waals surface area contributed by atoms with Crippen molar-refractivity contribution in [3.63, 3.8) is 0 Å². The van der Waals surface area contributed by atoms with E-state index in [4.69, 9.17) is 0 Å². The highest BCUT2D eigenvalue weighted by Crippen LogP contribution is 2.29. The van der Waals surface area contributed by atoms with Crippen LogP contribution < -0.4 is 5.32 Å². The van der Waals surface area contributed by atoms with Gasteiger partial charge in [-0.1, -0.05) is 54.6 Å². The van der Waals surface area contributed by atoms with E-state index in [0.717, 1.165) is 28.1 Å². The van der Waals surface area contributed by atoms with Crippen molar-refractivity contribution in [2.75, 3.05) is 0 Å². The second-order valence-electron chi connectivity index (χ2n) is 7.08. The maximum Gasteiger partial charge on any atom is 0.264 e. The van der Waals surface area contributed by atoms with E-state index in [0.29, 0.717) is 10.1 Å². The zero-order chi connectivity index (χ0) is 21.0. The third-order valence-corrected chi connectivity index (χ3v) is 5.86. The molecule has 0 aliphatic carbocycles. The molecule has 5 rings (SSSR count). The summed E-state index contributed by atoms with van der Waals surface area (Å²) in [5, 5.41) is 3.43. The Labute approximate surface area is 185 Å². The minimum absolute atomic E-state index is 0.121. The van der Waals surface area contributed by atoms with E-state index in [2.05, 4.69) is 51.3 Å². The van der Waals surface area contributed by atoms with Gasteiger partial charge in [0.25, 0.3) is 5.91 Å². The highest BCUT2D eigenvalue weighted by molar-refractivity contribution is 8.18. The summed E-state index contributed by atoms with van der Waals surface area (Å²) in [6.45, 7) is 0. The molecule has 1 amide bonds. The third-order valence-electron chi connectivity index (χ3n) is 4.95. The van der Waals surface area contributed by atoms with E-state index < -0.39 is 0 Å². The standard InChI is InChI=1S/C26H19N3OS/c30-25-24(31-26(28-25)27-22-6-2-1-3-7-22)18-19-8-10-20(11-9-19)21-12-14-23(15-13-21)29-16-4-5-17-29/h1-18H,(H,27,28,30)/b24-18+. The van der Waals surface area contributed by atoms with Crippen molar-refractivity contribution in [1.82, 2.24) is 9.88 Å². The lowest BCUT2D eigenvalue weighted by atomic mass is 10.0. The van der Waals surface area contributed by atoms with Crippen molar-refractivity contribution >= 4 is 34.6 Å². The minimum Gasteiger partial charge on any atom is -0.324 e. The molecule has 1 N–H and O–H groups in total. The first-order valence-corrected chi connectivity index (χ1v) is 10.7. The maximum absolute atomic E-state index is 12.3. The Morgan fingerprint density at radius 2 is 1.42 bits per heavy atom. The number of rotatable bonds is 4. The predicted molar refractivity (Wildman–Crippen MR) is 128 cm³/mol. The Kier molecular flexibility index (Phi) is 5.25. The highest BCUT2D eigenvalue weighted by atomic mass is 32.2. The number of aromatic nitrogens is 1. The smallest absolute Gasteiger partial charge is 0.264 e. The Hall–Kier alpha value is -3.83. The van der Waals surface area contributed by atoms with E-state index in [1.807, 2.05) is 73.1 Å². The summed E-state index contributed by atoms with van der Waals surface area (Å²) in [4.78, 5) is 17.4. The van der Waals surface area contributed by atoms with E-state index in [9.17, 15) is 4.79 Å². The van der Waals surface area contributed by atoms with Crippen LogP contribution in [0.1, 0.15) is 5.56 Å². The number of nitrogens with one attached hydrogen (secondary N) is 1. The third kappa shape index (κ3) is 4.37. The van der Waals surface area contributed by atoms with Gasteiger partial charge in [0.05, 0.1) is 10.6 Å². The molecule has 1 aliphatic heterocycles. The molecule has 1 fully saturated rings. The molecule has 0 bridgehead atoms. The quantitative estimate of drug-likeness (QED) is 0.409. The lowest BCUT2D eigenvalue weighted by Gasteiger charge is -2.06. The van der Waals surface area contributed by atoms with Crippen molar-refractivity contribution < 1.29 is 4.79 Å². The molecule has 1 aromatic heterocycles. The summed E-state index contributed by atoms with van der Waals surface area (Å²) in [5.41, 5.74) is 5.22. The van der Waals surface area contributed by atoms with Gasteiger partial charge < -0.3 is 9.88 Å². The first-order valence-electron chi connectivity index (χ1n) is 9.93. The van der Waals surface area contributed by atoms with E-state index in [-0.39, 0.29) is 5.91 Å². The average Bonchev–Trinajstić information content (AvgIpc) is 3.46. The fraction of sp³-hybridized carbons (Fsp3) is 0. The minimum atomic E-state index is -0.121. The highest BCUT2D eigenvalue weighted by Gasteiger charge is 2.23. The van der Waals surface area contributed by atoms with Crippen LogP contribution in [0.4, 0.5) is 5.69 Å². The second kappa shape index (κ2) is 8.50.